The summed E-state index contributed by atoms with van der Waals surface area (Å²) in [5.41, 5.74) is 1.47. The largest absolute Gasteiger partial charge is 0.342 e. The van der Waals surface area contributed by atoms with Crippen LogP contribution in [0.3, 0.4) is 0 Å². The number of likely N-dealkylation sites (tertiary alicyclic amines) is 1. The summed E-state index contributed by atoms with van der Waals surface area (Å²) in [4.78, 5) is 14.2. The Kier molecular flexibility index (Phi) is 4.79. The standard InChI is InChI=1S/C17H25NOS/c1-17(2,3)15-9-16(19)18(11-15)10-14(12-20)13-7-5-4-6-8-13/h4-8,14-15,20H,9-12H2,1-3H3. The van der Waals surface area contributed by atoms with Gasteiger partial charge in [-0.15, -0.1) is 0 Å². The lowest BCUT2D eigenvalue weighted by Gasteiger charge is -2.28. The Hall–Kier alpha value is -0.960. The van der Waals surface area contributed by atoms with E-state index >= 15 is 0 Å². The minimum atomic E-state index is 0.202. The van der Waals surface area contributed by atoms with Gasteiger partial charge >= 0.3 is 0 Å². The quantitative estimate of drug-likeness (QED) is 0.841. The van der Waals surface area contributed by atoms with E-state index < -0.39 is 0 Å². The molecule has 1 aromatic carbocycles. The highest BCUT2D eigenvalue weighted by atomic mass is 32.1. The van der Waals surface area contributed by atoms with E-state index in [1.165, 1.54) is 5.56 Å². The third-order valence-corrected chi connectivity index (χ3v) is 4.81. The fourth-order valence-electron chi connectivity index (χ4n) is 2.79. The highest BCUT2D eigenvalue weighted by Gasteiger charge is 2.37. The van der Waals surface area contributed by atoms with E-state index in [4.69, 9.17) is 0 Å². The number of rotatable bonds is 4. The second-order valence-corrected chi connectivity index (χ2v) is 7.22. The van der Waals surface area contributed by atoms with Crippen LogP contribution in [0, 0.1) is 11.3 Å². The van der Waals surface area contributed by atoms with Crippen LogP contribution in [0.4, 0.5) is 0 Å². The zero-order chi connectivity index (χ0) is 14.8. The molecule has 2 rings (SSSR count). The minimum absolute atomic E-state index is 0.202. The van der Waals surface area contributed by atoms with E-state index in [0.717, 1.165) is 18.8 Å². The van der Waals surface area contributed by atoms with E-state index in [2.05, 4.69) is 57.7 Å². The summed E-state index contributed by atoms with van der Waals surface area (Å²) in [6, 6.07) is 10.4. The average Bonchev–Trinajstić information content (AvgIpc) is 2.78. The first-order valence-corrected chi connectivity index (χ1v) is 7.98. The molecule has 2 nitrogen and oxygen atoms in total. The number of carbonyl (C=O) groups is 1. The van der Waals surface area contributed by atoms with Gasteiger partial charge in [0.2, 0.25) is 5.91 Å². The lowest BCUT2D eigenvalue weighted by Crippen LogP contribution is -2.32. The summed E-state index contributed by atoms with van der Waals surface area (Å²) >= 11 is 4.47. The predicted molar refractivity (Wildman–Crippen MR) is 87.2 cm³/mol. The molecule has 1 amide bonds. The normalized spacial score (nSPS) is 21.3. The summed E-state index contributed by atoms with van der Waals surface area (Å²) < 4.78 is 0. The molecule has 20 heavy (non-hydrogen) atoms. The Bertz CT molecular complexity index is 452. The van der Waals surface area contributed by atoms with Gasteiger partial charge in [0.25, 0.3) is 0 Å². The molecular weight excluding hydrogens is 266 g/mol. The molecule has 1 saturated heterocycles. The summed E-state index contributed by atoms with van der Waals surface area (Å²) in [6.07, 6.45) is 0.692. The maximum atomic E-state index is 12.2. The van der Waals surface area contributed by atoms with Crippen molar-refractivity contribution in [2.45, 2.75) is 33.1 Å². The SMILES string of the molecule is CC(C)(C)C1CC(=O)N(CC(CS)c2ccccc2)C1. The molecule has 1 heterocycles. The Morgan fingerprint density at radius 1 is 1.30 bits per heavy atom. The summed E-state index contributed by atoms with van der Waals surface area (Å²) in [6.45, 7) is 8.35. The molecule has 1 aliphatic heterocycles. The zero-order valence-electron chi connectivity index (χ0n) is 12.7. The number of hydrogen-bond donors (Lipinski definition) is 1. The van der Waals surface area contributed by atoms with Crippen LogP contribution in [-0.2, 0) is 4.79 Å². The number of nitrogens with zero attached hydrogens (tertiary/aromatic N) is 1. The zero-order valence-corrected chi connectivity index (χ0v) is 13.6. The van der Waals surface area contributed by atoms with Crippen molar-refractivity contribution in [2.24, 2.45) is 11.3 Å². The van der Waals surface area contributed by atoms with Gasteiger partial charge in [0.1, 0.15) is 0 Å². The fraction of sp³-hybridized carbons (Fsp3) is 0.588. The molecule has 0 N–H and O–H groups in total. The maximum absolute atomic E-state index is 12.2. The molecule has 2 unspecified atom stereocenters. The number of benzene rings is 1. The predicted octanol–water partition coefficient (Wildman–Crippen LogP) is 3.59. The van der Waals surface area contributed by atoms with Crippen LogP contribution in [0.25, 0.3) is 0 Å². The first kappa shape index (κ1) is 15.4. The van der Waals surface area contributed by atoms with Gasteiger partial charge in [0, 0.05) is 25.4 Å². The molecule has 0 spiro atoms. The smallest absolute Gasteiger partial charge is 0.222 e. The molecule has 0 radical (unpaired) electrons. The van der Waals surface area contributed by atoms with Gasteiger partial charge in [-0.1, -0.05) is 51.1 Å². The van der Waals surface area contributed by atoms with Crippen LogP contribution < -0.4 is 0 Å². The summed E-state index contributed by atoms with van der Waals surface area (Å²) in [5, 5.41) is 0. The monoisotopic (exact) mass is 291 g/mol. The van der Waals surface area contributed by atoms with Gasteiger partial charge < -0.3 is 4.90 Å². The van der Waals surface area contributed by atoms with E-state index in [0.29, 0.717) is 24.2 Å². The van der Waals surface area contributed by atoms with Gasteiger partial charge in [0.15, 0.2) is 0 Å². The molecule has 1 aliphatic rings. The number of hydrogen-bond acceptors (Lipinski definition) is 2. The van der Waals surface area contributed by atoms with Gasteiger partial charge in [-0.05, 0) is 22.6 Å². The van der Waals surface area contributed by atoms with Gasteiger partial charge in [0.05, 0.1) is 0 Å². The third-order valence-electron chi connectivity index (χ3n) is 4.37. The summed E-state index contributed by atoms with van der Waals surface area (Å²) in [5.74, 6) is 1.86. The minimum Gasteiger partial charge on any atom is -0.342 e. The molecule has 0 aliphatic carbocycles. The molecule has 110 valence electrons. The molecule has 1 aromatic rings. The van der Waals surface area contributed by atoms with Crippen LogP contribution in [0.2, 0.25) is 0 Å². The summed E-state index contributed by atoms with van der Waals surface area (Å²) in [7, 11) is 0. The Morgan fingerprint density at radius 3 is 2.45 bits per heavy atom. The van der Waals surface area contributed by atoms with Crippen molar-refractivity contribution in [1.29, 1.82) is 0 Å². The van der Waals surface area contributed by atoms with Gasteiger partial charge in [-0.2, -0.15) is 12.6 Å². The van der Waals surface area contributed by atoms with Gasteiger partial charge in [-0.3, -0.25) is 4.79 Å². The lowest BCUT2D eigenvalue weighted by molar-refractivity contribution is -0.127. The Labute approximate surface area is 128 Å². The van der Waals surface area contributed by atoms with E-state index in [-0.39, 0.29) is 5.41 Å². The van der Waals surface area contributed by atoms with Crippen LogP contribution in [-0.4, -0.2) is 29.6 Å². The number of carbonyl (C=O) groups excluding carboxylic acids is 1. The maximum Gasteiger partial charge on any atom is 0.222 e. The molecule has 0 bridgehead atoms. The van der Waals surface area contributed by atoms with Crippen molar-refractivity contribution in [3.8, 4) is 0 Å². The first-order valence-electron chi connectivity index (χ1n) is 7.35. The van der Waals surface area contributed by atoms with Crippen molar-refractivity contribution in [2.75, 3.05) is 18.8 Å². The first-order chi connectivity index (χ1) is 9.41. The van der Waals surface area contributed by atoms with Crippen molar-refractivity contribution < 1.29 is 4.79 Å². The van der Waals surface area contributed by atoms with Crippen LogP contribution >= 0.6 is 12.6 Å². The van der Waals surface area contributed by atoms with E-state index in [1.54, 1.807) is 0 Å². The van der Waals surface area contributed by atoms with Crippen molar-refractivity contribution in [1.82, 2.24) is 4.90 Å². The topological polar surface area (TPSA) is 20.3 Å². The molecule has 0 aromatic heterocycles. The van der Waals surface area contributed by atoms with E-state index in [9.17, 15) is 4.79 Å². The van der Waals surface area contributed by atoms with Crippen molar-refractivity contribution in [3.05, 3.63) is 35.9 Å². The molecule has 1 fully saturated rings. The molecular formula is C17H25NOS. The fourth-order valence-corrected chi connectivity index (χ4v) is 3.11. The van der Waals surface area contributed by atoms with Crippen molar-refractivity contribution >= 4 is 18.5 Å². The van der Waals surface area contributed by atoms with Gasteiger partial charge in [-0.25, -0.2) is 0 Å². The molecule has 3 heteroatoms. The molecule has 2 atom stereocenters. The molecule has 0 saturated carbocycles. The van der Waals surface area contributed by atoms with Crippen LogP contribution in [0.15, 0.2) is 30.3 Å². The Morgan fingerprint density at radius 2 is 1.95 bits per heavy atom. The van der Waals surface area contributed by atoms with Crippen LogP contribution in [0.5, 0.6) is 0 Å². The average molecular weight is 291 g/mol. The number of thiol groups is 1. The highest BCUT2D eigenvalue weighted by molar-refractivity contribution is 7.80. The van der Waals surface area contributed by atoms with Crippen LogP contribution in [0.1, 0.15) is 38.7 Å². The third kappa shape index (κ3) is 3.57. The van der Waals surface area contributed by atoms with E-state index in [1.807, 2.05) is 11.0 Å². The lowest BCUT2D eigenvalue weighted by atomic mass is 9.80. The second kappa shape index (κ2) is 6.21. The number of amides is 1. The highest BCUT2D eigenvalue weighted by Crippen LogP contribution is 2.35. The second-order valence-electron chi connectivity index (χ2n) is 6.86. The Balaban J connectivity index is 2.04. The van der Waals surface area contributed by atoms with Crippen molar-refractivity contribution in [3.63, 3.8) is 0 Å².